The summed E-state index contributed by atoms with van der Waals surface area (Å²) >= 11 is 0. The number of ether oxygens (including phenoxy) is 1. The molecule has 1 aromatic heterocycles. The monoisotopic (exact) mass is 223 g/mol. The second-order valence-electron chi connectivity index (χ2n) is 4.60. The van der Waals surface area contributed by atoms with Gasteiger partial charge in [-0.05, 0) is 33.1 Å². The average molecular weight is 223 g/mol. The fourth-order valence-electron chi connectivity index (χ4n) is 2.08. The molecule has 2 rings (SSSR count). The first-order valence-electron chi connectivity index (χ1n) is 6.15. The number of hydrogen-bond acceptors (Lipinski definition) is 3. The van der Waals surface area contributed by atoms with Crippen LogP contribution in [0.5, 0.6) is 0 Å². The molecule has 90 valence electrons. The molecule has 1 aliphatic rings. The molecule has 16 heavy (non-hydrogen) atoms. The molecule has 1 unspecified atom stereocenters. The second-order valence-corrected chi connectivity index (χ2v) is 4.60. The quantitative estimate of drug-likeness (QED) is 0.833. The summed E-state index contributed by atoms with van der Waals surface area (Å²) in [5.41, 5.74) is 0. The van der Waals surface area contributed by atoms with Crippen molar-refractivity contribution in [3.05, 3.63) is 12.4 Å². The topological polar surface area (TPSA) is 39.1 Å². The van der Waals surface area contributed by atoms with Gasteiger partial charge in [0.15, 0.2) is 0 Å². The van der Waals surface area contributed by atoms with Crippen LogP contribution in [-0.4, -0.2) is 28.8 Å². The zero-order valence-corrected chi connectivity index (χ0v) is 10.1. The molecule has 4 nitrogen and oxygen atoms in total. The Morgan fingerprint density at radius 3 is 3.19 bits per heavy atom. The van der Waals surface area contributed by atoms with Crippen LogP contribution >= 0.6 is 0 Å². The lowest BCUT2D eigenvalue weighted by molar-refractivity contribution is 0.107. The first-order chi connectivity index (χ1) is 7.77. The first-order valence-corrected chi connectivity index (χ1v) is 6.15. The summed E-state index contributed by atoms with van der Waals surface area (Å²) in [7, 11) is 0. The molecule has 2 heterocycles. The Labute approximate surface area is 97.0 Å². The highest BCUT2D eigenvalue weighted by Gasteiger charge is 2.15. The van der Waals surface area contributed by atoms with E-state index in [-0.39, 0.29) is 0 Å². The van der Waals surface area contributed by atoms with Crippen LogP contribution in [0, 0.1) is 0 Å². The molecule has 0 saturated carbocycles. The molecule has 0 aromatic carbocycles. The summed E-state index contributed by atoms with van der Waals surface area (Å²) in [6.45, 7) is 6.19. The van der Waals surface area contributed by atoms with E-state index in [1.54, 1.807) is 0 Å². The third kappa shape index (κ3) is 2.76. The van der Waals surface area contributed by atoms with E-state index in [0.717, 1.165) is 25.5 Å². The number of nitrogens with zero attached hydrogens (tertiary/aromatic N) is 2. The van der Waals surface area contributed by atoms with Gasteiger partial charge in [-0.2, -0.15) is 0 Å². The first kappa shape index (κ1) is 11.5. The summed E-state index contributed by atoms with van der Waals surface area (Å²) in [6, 6.07) is 0.452. The highest BCUT2D eigenvalue weighted by atomic mass is 16.5. The molecule has 0 bridgehead atoms. The van der Waals surface area contributed by atoms with Gasteiger partial charge in [-0.15, -0.1) is 0 Å². The standard InChI is InChI=1S/C12H21N3O/c1-10(2)15-8-7-14-12(15)13-6-5-11-4-3-9-16-11/h7-8,10-11H,3-6,9H2,1-2H3,(H,13,14). The molecule has 1 saturated heterocycles. The molecule has 0 amide bonds. The Kier molecular flexibility index (Phi) is 3.83. The largest absolute Gasteiger partial charge is 0.378 e. The van der Waals surface area contributed by atoms with Crippen molar-refractivity contribution in [3.8, 4) is 0 Å². The van der Waals surface area contributed by atoms with Gasteiger partial charge < -0.3 is 14.6 Å². The van der Waals surface area contributed by atoms with Gasteiger partial charge in [0.1, 0.15) is 0 Å². The molecule has 1 aliphatic heterocycles. The van der Waals surface area contributed by atoms with Crippen LogP contribution in [0.4, 0.5) is 5.95 Å². The van der Waals surface area contributed by atoms with Crippen molar-refractivity contribution in [2.75, 3.05) is 18.5 Å². The number of hydrogen-bond donors (Lipinski definition) is 1. The van der Waals surface area contributed by atoms with E-state index in [4.69, 9.17) is 4.74 Å². The third-order valence-corrected chi connectivity index (χ3v) is 3.00. The van der Waals surface area contributed by atoms with E-state index in [1.165, 1.54) is 12.8 Å². The minimum absolute atomic E-state index is 0.452. The predicted molar refractivity (Wildman–Crippen MR) is 64.7 cm³/mol. The Morgan fingerprint density at radius 1 is 1.62 bits per heavy atom. The van der Waals surface area contributed by atoms with Gasteiger partial charge in [-0.3, -0.25) is 0 Å². The van der Waals surface area contributed by atoms with E-state index in [1.807, 2.05) is 12.4 Å². The van der Waals surface area contributed by atoms with Crippen molar-refractivity contribution in [3.63, 3.8) is 0 Å². The maximum Gasteiger partial charge on any atom is 0.203 e. The molecule has 0 radical (unpaired) electrons. The van der Waals surface area contributed by atoms with Crippen molar-refractivity contribution in [1.82, 2.24) is 9.55 Å². The van der Waals surface area contributed by atoms with Crippen molar-refractivity contribution in [2.24, 2.45) is 0 Å². The van der Waals surface area contributed by atoms with Gasteiger partial charge in [-0.25, -0.2) is 4.98 Å². The van der Waals surface area contributed by atoms with Crippen LogP contribution in [0.2, 0.25) is 0 Å². The van der Waals surface area contributed by atoms with Crippen LogP contribution < -0.4 is 5.32 Å². The number of rotatable bonds is 5. The minimum atomic E-state index is 0.452. The number of anilines is 1. The smallest absolute Gasteiger partial charge is 0.203 e. The fraction of sp³-hybridized carbons (Fsp3) is 0.750. The van der Waals surface area contributed by atoms with Gasteiger partial charge in [0.05, 0.1) is 6.10 Å². The van der Waals surface area contributed by atoms with E-state index < -0.39 is 0 Å². The maximum atomic E-state index is 5.58. The van der Waals surface area contributed by atoms with Crippen molar-refractivity contribution in [1.29, 1.82) is 0 Å². The summed E-state index contributed by atoms with van der Waals surface area (Å²) in [5, 5.41) is 3.37. The lowest BCUT2D eigenvalue weighted by atomic mass is 10.2. The van der Waals surface area contributed by atoms with Gasteiger partial charge >= 0.3 is 0 Å². The SMILES string of the molecule is CC(C)n1ccnc1NCCC1CCCO1. The Morgan fingerprint density at radius 2 is 2.50 bits per heavy atom. The van der Waals surface area contributed by atoms with Crippen LogP contribution in [0.25, 0.3) is 0 Å². The zero-order valence-electron chi connectivity index (χ0n) is 10.1. The lowest BCUT2D eigenvalue weighted by Gasteiger charge is -2.14. The zero-order chi connectivity index (χ0) is 11.4. The van der Waals surface area contributed by atoms with Gasteiger partial charge in [0.2, 0.25) is 5.95 Å². The second kappa shape index (κ2) is 5.34. The summed E-state index contributed by atoms with van der Waals surface area (Å²) in [4.78, 5) is 4.31. The van der Waals surface area contributed by atoms with Crippen molar-refractivity contribution in [2.45, 2.75) is 45.3 Å². The maximum absolute atomic E-state index is 5.58. The summed E-state index contributed by atoms with van der Waals surface area (Å²) in [5.74, 6) is 0.966. The molecule has 1 N–H and O–H groups in total. The molecule has 4 heteroatoms. The minimum Gasteiger partial charge on any atom is -0.378 e. The predicted octanol–water partition coefficient (Wildman–Crippen LogP) is 2.45. The molecule has 1 aromatic rings. The Hall–Kier alpha value is -1.03. The lowest BCUT2D eigenvalue weighted by Crippen LogP contribution is -2.15. The summed E-state index contributed by atoms with van der Waals surface area (Å²) < 4.78 is 7.73. The highest BCUT2D eigenvalue weighted by molar-refractivity contribution is 5.26. The van der Waals surface area contributed by atoms with E-state index in [9.17, 15) is 0 Å². The average Bonchev–Trinajstić information content (AvgIpc) is 2.87. The Bertz CT molecular complexity index is 316. The number of aromatic nitrogens is 2. The summed E-state index contributed by atoms with van der Waals surface area (Å²) in [6.07, 6.45) is 7.80. The molecule has 1 fully saturated rings. The van der Waals surface area contributed by atoms with E-state index in [2.05, 4.69) is 28.7 Å². The highest BCUT2D eigenvalue weighted by Crippen LogP contribution is 2.16. The molecule has 0 spiro atoms. The van der Waals surface area contributed by atoms with Crippen LogP contribution in [0.15, 0.2) is 12.4 Å². The van der Waals surface area contributed by atoms with Gasteiger partial charge in [0, 0.05) is 31.6 Å². The van der Waals surface area contributed by atoms with E-state index >= 15 is 0 Å². The number of imidazole rings is 1. The van der Waals surface area contributed by atoms with Gasteiger partial charge in [-0.1, -0.05) is 0 Å². The van der Waals surface area contributed by atoms with Gasteiger partial charge in [0.25, 0.3) is 0 Å². The molecule has 0 aliphatic carbocycles. The van der Waals surface area contributed by atoms with Crippen LogP contribution in [0.3, 0.4) is 0 Å². The van der Waals surface area contributed by atoms with Crippen molar-refractivity contribution >= 4 is 5.95 Å². The van der Waals surface area contributed by atoms with E-state index in [0.29, 0.717) is 12.1 Å². The normalized spacial score (nSPS) is 20.6. The van der Waals surface area contributed by atoms with Crippen molar-refractivity contribution < 1.29 is 4.74 Å². The third-order valence-electron chi connectivity index (χ3n) is 3.00. The van der Waals surface area contributed by atoms with Crippen LogP contribution in [-0.2, 0) is 4.74 Å². The number of nitrogens with one attached hydrogen (secondary N) is 1. The molecule has 1 atom stereocenters. The Balaban J connectivity index is 1.78. The molecular weight excluding hydrogens is 202 g/mol. The van der Waals surface area contributed by atoms with Crippen LogP contribution in [0.1, 0.15) is 39.2 Å². The fourth-order valence-corrected chi connectivity index (χ4v) is 2.08. The molecular formula is C12H21N3O.